The van der Waals surface area contributed by atoms with E-state index in [0.29, 0.717) is 16.1 Å². The fourth-order valence-electron chi connectivity index (χ4n) is 1.86. The third-order valence-corrected chi connectivity index (χ3v) is 3.33. The van der Waals surface area contributed by atoms with E-state index >= 15 is 0 Å². The minimum atomic E-state index is -0.426. The Labute approximate surface area is 138 Å². The Kier molecular flexibility index (Phi) is 5.43. The van der Waals surface area contributed by atoms with Gasteiger partial charge in [0.25, 0.3) is 5.91 Å². The number of methoxy groups -OCH3 is 2. The zero-order valence-corrected chi connectivity index (χ0v) is 13.3. The van der Waals surface area contributed by atoms with Crippen LogP contribution in [0.5, 0.6) is 17.2 Å². The number of carbonyl (C=O) groups excluding carboxylic acids is 1. The van der Waals surface area contributed by atoms with Crippen molar-refractivity contribution in [2.24, 2.45) is 5.10 Å². The number of carbonyl (C=O) groups is 1. The number of rotatable bonds is 5. The summed E-state index contributed by atoms with van der Waals surface area (Å²) in [6.45, 7) is 0. The van der Waals surface area contributed by atoms with Crippen LogP contribution in [-0.2, 0) is 0 Å². The van der Waals surface area contributed by atoms with Gasteiger partial charge < -0.3 is 14.6 Å². The van der Waals surface area contributed by atoms with Crippen molar-refractivity contribution in [3.63, 3.8) is 0 Å². The number of hydrogen-bond donors (Lipinski definition) is 2. The third-order valence-electron chi connectivity index (χ3n) is 3.00. The lowest BCUT2D eigenvalue weighted by atomic mass is 10.2. The van der Waals surface area contributed by atoms with Crippen molar-refractivity contribution < 1.29 is 19.4 Å². The molecule has 120 valence electrons. The van der Waals surface area contributed by atoms with Crippen LogP contribution >= 0.6 is 11.6 Å². The molecule has 7 heteroatoms. The van der Waals surface area contributed by atoms with E-state index < -0.39 is 5.91 Å². The van der Waals surface area contributed by atoms with E-state index in [1.807, 2.05) is 0 Å². The molecular weight excluding hydrogens is 320 g/mol. The van der Waals surface area contributed by atoms with Crippen LogP contribution in [0, 0.1) is 0 Å². The van der Waals surface area contributed by atoms with Crippen LogP contribution in [0.1, 0.15) is 15.9 Å². The number of nitrogens with zero attached hydrogens (tertiary/aromatic N) is 1. The number of aromatic hydroxyl groups is 1. The zero-order chi connectivity index (χ0) is 16.8. The summed E-state index contributed by atoms with van der Waals surface area (Å²) >= 11 is 5.94. The molecule has 0 saturated carbocycles. The van der Waals surface area contributed by atoms with Crippen molar-refractivity contribution in [1.82, 2.24) is 5.43 Å². The molecule has 2 N–H and O–H groups in total. The predicted octanol–water partition coefficient (Wildman–Crippen LogP) is 2.83. The molecule has 2 aromatic carbocycles. The van der Waals surface area contributed by atoms with Crippen molar-refractivity contribution in [3.05, 3.63) is 52.5 Å². The molecule has 0 bridgehead atoms. The van der Waals surface area contributed by atoms with Crippen LogP contribution in [0.2, 0.25) is 5.02 Å². The maximum absolute atomic E-state index is 12.0. The summed E-state index contributed by atoms with van der Waals surface area (Å²) in [6.07, 6.45) is 1.40. The normalized spacial score (nSPS) is 10.6. The van der Waals surface area contributed by atoms with E-state index in [4.69, 9.17) is 21.1 Å². The van der Waals surface area contributed by atoms with E-state index in [9.17, 15) is 9.90 Å². The highest BCUT2D eigenvalue weighted by atomic mass is 35.5. The summed E-state index contributed by atoms with van der Waals surface area (Å²) in [4.78, 5) is 12.0. The topological polar surface area (TPSA) is 80.2 Å². The molecule has 0 fully saturated rings. The molecule has 23 heavy (non-hydrogen) atoms. The van der Waals surface area contributed by atoms with Crippen molar-refractivity contribution in [1.29, 1.82) is 0 Å². The van der Waals surface area contributed by atoms with Crippen LogP contribution in [0.15, 0.2) is 41.5 Å². The Morgan fingerprint density at radius 3 is 2.39 bits per heavy atom. The number of halogens is 1. The summed E-state index contributed by atoms with van der Waals surface area (Å²) in [5.74, 6) is -0.0525. The SMILES string of the molecule is COc1cc(/C=N\NC(=O)c2ccccc2Cl)cc(OC)c1O. The first-order valence-corrected chi connectivity index (χ1v) is 6.97. The lowest BCUT2D eigenvalue weighted by Gasteiger charge is -2.09. The summed E-state index contributed by atoms with van der Waals surface area (Å²) in [7, 11) is 2.85. The Morgan fingerprint density at radius 2 is 1.83 bits per heavy atom. The molecule has 0 spiro atoms. The zero-order valence-electron chi connectivity index (χ0n) is 12.5. The fourth-order valence-corrected chi connectivity index (χ4v) is 2.08. The first-order valence-electron chi connectivity index (χ1n) is 6.59. The van der Waals surface area contributed by atoms with Gasteiger partial charge in [-0.25, -0.2) is 5.43 Å². The second-order valence-corrected chi connectivity index (χ2v) is 4.86. The van der Waals surface area contributed by atoms with Crippen LogP contribution in [0.4, 0.5) is 0 Å². The highest BCUT2D eigenvalue weighted by Gasteiger charge is 2.11. The third kappa shape index (κ3) is 3.92. The Bertz CT molecular complexity index is 722. The van der Waals surface area contributed by atoms with Gasteiger partial charge in [-0.05, 0) is 24.3 Å². The summed E-state index contributed by atoms with van der Waals surface area (Å²) in [6, 6.07) is 9.78. The van der Waals surface area contributed by atoms with Crippen LogP contribution < -0.4 is 14.9 Å². The van der Waals surface area contributed by atoms with E-state index in [2.05, 4.69) is 10.5 Å². The molecule has 0 aliphatic carbocycles. The average Bonchev–Trinajstić information content (AvgIpc) is 2.56. The monoisotopic (exact) mass is 334 g/mol. The molecule has 1 amide bonds. The number of phenols is 1. The Morgan fingerprint density at radius 1 is 1.22 bits per heavy atom. The van der Waals surface area contributed by atoms with Crippen molar-refractivity contribution in [2.75, 3.05) is 14.2 Å². The van der Waals surface area contributed by atoms with Gasteiger partial charge >= 0.3 is 0 Å². The summed E-state index contributed by atoms with van der Waals surface area (Å²) in [5.41, 5.74) is 3.29. The van der Waals surface area contributed by atoms with Gasteiger partial charge in [0.1, 0.15) is 0 Å². The Hall–Kier alpha value is -2.73. The summed E-state index contributed by atoms with van der Waals surface area (Å²) < 4.78 is 10.1. The van der Waals surface area contributed by atoms with E-state index in [-0.39, 0.29) is 17.2 Å². The number of amides is 1. The van der Waals surface area contributed by atoms with E-state index in [1.165, 1.54) is 20.4 Å². The standard InChI is InChI=1S/C16H15ClN2O4/c1-22-13-7-10(8-14(23-2)15(13)20)9-18-19-16(21)11-5-3-4-6-12(11)17/h3-9,20H,1-2H3,(H,19,21)/b18-9-. The van der Waals surface area contributed by atoms with Crippen LogP contribution in [-0.4, -0.2) is 31.4 Å². The molecule has 0 saturated heterocycles. The highest BCUT2D eigenvalue weighted by molar-refractivity contribution is 6.33. The van der Waals surface area contributed by atoms with Gasteiger partial charge in [0.2, 0.25) is 5.75 Å². The van der Waals surface area contributed by atoms with Gasteiger partial charge in [0.05, 0.1) is 31.0 Å². The first-order chi connectivity index (χ1) is 11.1. The second kappa shape index (κ2) is 7.51. The molecule has 0 aliphatic heterocycles. The number of hydrogen-bond acceptors (Lipinski definition) is 5. The largest absolute Gasteiger partial charge is 0.502 e. The smallest absolute Gasteiger partial charge is 0.272 e. The van der Waals surface area contributed by atoms with Crippen LogP contribution in [0.3, 0.4) is 0 Å². The molecule has 0 aliphatic rings. The minimum Gasteiger partial charge on any atom is -0.502 e. The Balaban J connectivity index is 2.15. The van der Waals surface area contributed by atoms with Gasteiger partial charge in [-0.15, -0.1) is 0 Å². The molecule has 6 nitrogen and oxygen atoms in total. The van der Waals surface area contributed by atoms with Gasteiger partial charge in [-0.1, -0.05) is 23.7 Å². The second-order valence-electron chi connectivity index (χ2n) is 4.45. The first kappa shape index (κ1) is 16.6. The van der Waals surface area contributed by atoms with Crippen molar-refractivity contribution in [2.45, 2.75) is 0 Å². The quantitative estimate of drug-likeness (QED) is 0.651. The molecule has 0 atom stereocenters. The molecule has 0 radical (unpaired) electrons. The average molecular weight is 335 g/mol. The molecule has 0 heterocycles. The van der Waals surface area contributed by atoms with Crippen LogP contribution in [0.25, 0.3) is 0 Å². The maximum Gasteiger partial charge on any atom is 0.272 e. The molecular formula is C16H15ClN2O4. The lowest BCUT2D eigenvalue weighted by Crippen LogP contribution is -2.17. The number of benzene rings is 2. The molecule has 2 rings (SSSR count). The molecule has 0 unspecified atom stereocenters. The molecule has 2 aromatic rings. The summed E-state index contributed by atoms with van der Waals surface area (Å²) in [5, 5.41) is 14.0. The highest BCUT2D eigenvalue weighted by Crippen LogP contribution is 2.36. The number of phenolic OH excluding ortho intramolecular Hbond substituents is 1. The predicted molar refractivity (Wildman–Crippen MR) is 87.7 cm³/mol. The van der Waals surface area contributed by atoms with E-state index in [0.717, 1.165) is 0 Å². The van der Waals surface area contributed by atoms with Gasteiger partial charge in [0, 0.05) is 5.56 Å². The number of hydrazone groups is 1. The van der Waals surface area contributed by atoms with Gasteiger partial charge in [-0.3, -0.25) is 4.79 Å². The minimum absolute atomic E-state index is 0.104. The fraction of sp³-hybridized carbons (Fsp3) is 0.125. The number of ether oxygens (including phenoxy) is 2. The van der Waals surface area contributed by atoms with E-state index in [1.54, 1.807) is 36.4 Å². The number of nitrogens with one attached hydrogen (secondary N) is 1. The molecule has 0 aromatic heterocycles. The van der Waals surface area contributed by atoms with Crippen molar-refractivity contribution in [3.8, 4) is 17.2 Å². The van der Waals surface area contributed by atoms with Gasteiger partial charge in [0.15, 0.2) is 11.5 Å². The lowest BCUT2D eigenvalue weighted by molar-refractivity contribution is 0.0955. The van der Waals surface area contributed by atoms with Gasteiger partial charge in [-0.2, -0.15) is 5.10 Å². The van der Waals surface area contributed by atoms with Crippen molar-refractivity contribution >= 4 is 23.7 Å². The maximum atomic E-state index is 12.0.